The second-order valence-electron chi connectivity index (χ2n) is 7.97. The van der Waals surface area contributed by atoms with Crippen molar-refractivity contribution in [3.05, 3.63) is 95.6 Å². The zero-order valence-corrected chi connectivity index (χ0v) is 19.0. The predicted octanol–water partition coefficient (Wildman–Crippen LogP) is 5.09. The van der Waals surface area contributed by atoms with Gasteiger partial charge in [0, 0.05) is 11.3 Å². The number of hydrogen-bond donors (Lipinski definition) is 1. The van der Waals surface area contributed by atoms with E-state index in [1.807, 2.05) is 92.7 Å². The Morgan fingerprint density at radius 1 is 1.03 bits per heavy atom. The summed E-state index contributed by atoms with van der Waals surface area (Å²) in [6, 6.07) is 24.2. The number of anilines is 1. The number of benzene rings is 3. The Morgan fingerprint density at radius 3 is 2.58 bits per heavy atom. The average molecular weight is 455 g/mol. The number of hydrogen-bond acceptors (Lipinski definition) is 5. The smallest absolute Gasteiger partial charge is 0.263 e. The van der Waals surface area contributed by atoms with Crippen LogP contribution in [0.25, 0.3) is 0 Å². The number of amidine groups is 2. The van der Waals surface area contributed by atoms with Gasteiger partial charge in [-0.2, -0.15) is 0 Å². The quantitative estimate of drug-likeness (QED) is 0.597. The Morgan fingerprint density at radius 2 is 1.79 bits per heavy atom. The largest absolute Gasteiger partial charge is 0.325 e. The van der Waals surface area contributed by atoms with E-state index >= 15 is 0 Å². The SMILES string of the molecule is Cc1cccc(NC(=O)[C@H](C)SC2=Nc3ccccc3C3=N[C@@H](c4ccccc4)C(=O)N23)c1. The molecule has 0 radical (unpaired) electrons. The van der Waals surface area contributed by atoms with Crippen LogP contribution in [-0.2, 0) is 9.59 Å². The third-order valence-corrected chi connectivity index (χ3v) is 6.57. The fourth-order valence-electron chi connectivity index (χ4n) is 3.86. The second kappa shape index (κ2) is 8.67. The first kappa shape index (κ1) is 21.2. The van der Waals surface area contributed by atoms with Gasteiger partial charge in [-0.05, 0) is 49.2 Å². The van der Waals surface area contributed by atoms with Crippen molar-refractivity contribution in [3.8, 4) is 0 Å². The van der Waals surface area contributed by atoms with Gasteiger partial charge in [0.1, 0.15) is 5.84 Å². The Hall–Kier alpha value is -3.71. The highest BCUT2D eigenvalue weighted by atomic mass is 32.2. The highest BCUT2D eigenvalue weighted by molar-refractivity contribution is 8.15. The molecule has 6 nitrogen and oxygen atoms in total. The third-order valence-electron chi connectivity index (χ3n) is 5.52. The molecule has 0 spiro atoms. The summed E-state index contributed by atoms with van der Waals surface area (Å²) < 4.78 is 0. The molecule has 0 aromatic heterocycles. The predicted molar refractivity (Wildman–Crippen MR) is 133 cm³/mol. The molecule has 0 aliphatic carbocycles. The minimum absolute atomic E-state index is 0.156. The lowest BCUT2D eigenvalue weighted by Crippen LogP contribution is -2.41. The van der Waals surface area contributed by atoms with E-state index in [0.29, 0.717) is 11.0 Å². The van der Waals surface area contributed by atoms with Gasteiger partial charge in [0.05, 0.1) is 10.9 Å². The maximum absolute atomic E-state index is 13.5. The van der Waals surface area contributed by atoms with Crippen molar-refractivity contribution in [2.75, 3.05) is 5.32 Å². The number of fused-ring (bicyclic) bond motifs is 3. The zero-order valence-electron chi connectivity index (χ0n) is 18.2. The number of aryl methyl sites for hydroxylation is 1. The molecule has 0 bridgehead atoms. The summed E-state index contributed by atoms with van der Waals surface area (Å²) in [6.45, 7) is 3.79. The molecule has 1 N–H and O–H groups in total. The number of para-hydroxylation sites is 1. The molecular weight excluding hydrogens is 432 g/mol. The van der Waals surface area contributed by atoms with E-state index < -0.39 is 11.3 Å². The first-order valence-corrected chi connectivity index (χ1v) is 11.6. The summed E-state index contributed by atoms with van der Waals surface area (Å²) in [5.41, 5.74) is 4.19. The average Bonchev–Trinajstić information content (AvgIpc) is 3.17. The van der Waals surface area contributed by atoms with Crippen molar-refractivity contribution in [2.45, 2.75) is 25.1 Å². The van der Waals surface area contributed by atoms with Crippen LogP contribution in [0.4, 0.5) is 11.4 Å². The summed E-state index contributed by atoms with van der Waals surface area (Å²) in [7, 11) is 0. The molecule has 7 heteroatoms. The third kappa shape index (κ3) is 4.07. The standard InChI is InChI=1S/C26H22N4O2S/c1-16-9-8-12-19(15-16)27-24(31)17(2)33-26-28-21-14-7-6-13-20(21)23-29-22(25(32)30(23)26)18-10-4-3-5-11-18/h3-15,17,22H,1-2H3,(H,27,31)/t17-,22-/m0/s1. The van der Waals surface area contributed by atoms with Crippen molar-refractivity contribution in [1.82, 2.24) is 4.90 Å². The lowest BCUT2D eigenvalue weighted by Gasteiger charge is -2.26. The van der Waals surface area contributed by atoms with Gasteiger partial charge in [-0.15, -0.1) is 0 Å². The number of aliphatic imine (C=N–C) groups is 2. The maximum atomic E-state index is 13.5. The summed E-state index contributed by atoms with van der Waals surface area (Å²) in [4.78, 5) is 37.4. The van der Waals surface area contributed by atoms with E-state index in [1.165, 1.54) is 11.8 Å². The van der Waals surface area contributed by atoms with Gasteiger partial charge in [-0.1, -0.05) is 66.4 Å². The van der Waals surface area contributed by atoms with Crippen molar-refractivity contribution >= 4 is 46.0 Å². The van der Waals surface area contributed by atoms with E-state index in [0.717, 1.165) is 28.1 Å². The van der Waals surface area contributed by atoms with Crippen LogP contribution >= 0.6 is 11.8 Å². The first-order chi connectivity index (χ1) is 16.0. The Bertz CT molecular complexity index is 1300. The Labute approximate surface area is 196 Å². The zero-order chi connectivity index (χ0) is 22.9. The van der Waals surface area contributed by atoms with Gasteiger partial charge in [0.15, 0.2) is 11.2 Å². The van der Waals surface area contributed by atoms with Gasteiger partial charge < -0.3 is 5.32 Å². The number of amides is 2. The van der Waals surface area contributed by atoms with Crippen LogP contribution in [0.5, 0.6) is 0 Å². The van der Waals surface area contributed by atoms with Gasteiger partial charge >= 0.3 is 0 Å². The molecule has 5 rings (SSSR count). The molecule has 33 heavy (non-hydrogen) atoms. The van der Waals surface area contributed by atoms with Crippen molar-refractivity contribution < 1.29 is 9.59 Å². The molecular formula is C26H22N4O2S. The van der Waals surface area contributed by atoms with Crippen LogP contribution in [0.1, 0.15) is 29.7 Å². The minimum atomic E-state index is -0.630. The van der Waals surface area contributed by atoms with Gasteiger partial charge in [-0.3, -0.25) is 9.59 Å². The number of thioether (sulfide) groups is 1. The van der Waals surface area contributed by atoms with Crippen LogP contribution in [0.3, 0.4) is 0 Å². The molecule has 2 aliphatic rings. The molecule has 0 unspecified atom stereocenters. The Kier molecular flexibility index (Phi) is 5.56. The summed E-state index contributed by atoms with van der Waals surface area (Å²) in [6.07, 6.45) is 0. The molecule has 0 saturated carbocycles. The fourth-order valence-corrected chi connectivity index (χ4v) is 4.77. The van der Waals surface area contributed by atoms with E-state index in [-0.39, 0.29) is 11.8 Å². The van der Waals surface area contributed by atoms with Crippen LogP contribution in [0, 0.1) is 6.92 Å². The number of carbonyl (C=O) groups excluding carboxylic acids is 2. The second-order valence-corrected chi connectivity index (χ2v) is 9.28. The Balaban J connectivity index is 1.44. The van der Waals surface area contributed by atoms with Crippen LogP contribution in [0.15, 0.2) is 88.8 Å². The van der Waals surface area contributed by atoms with Crippen molar-refractivity contribution in [2.24, 2.45) is 9.98 Å². The topological polar surface area (TPSA) is 74.1 Å². The number of nitrogens with one attached hydrogen (secondary N) is 1. The monoisotopic (exact) mass is 454 g/mol. The minimum Gasteiger partial charge on any atom is -0.325 e. The lowest BCUT2D eigenvalue weighted by molar-refractivity contribution is -0.124. The molecule has 2 aliphatic heterocycles. The number of rotatable bonds is 4. The van der Waals surface area contributed by atoms with Crippen LogP contribution in [0.2, 0.25) is 0 Å². The molecule has 2 heterocycles. The summed E-state index contributed by atoms with van der Waals surface area (Å²) >= 11 is 1.26. The fraction of sp³-hybridized carbons (Fsp3) is 0.154. The van der Waals surface area contributed by atoms with Crippen molar-refractivity contribution in [1.29, 1.82) is 0 Å². The van der Waals surface area contributed by atoms with Crippen LogP contribution < -0.4 is 5.32 Å². The number of carbonyl (C=O) groups is 2. The molecule has 2 atom stereocenters. The van der Waals surface area contributed by atoms with Crippen molar-refractivity contribution in [3.63, 3.8) is 0 Å². The van der Waals surface area contributed by atoms with Crippen LogP contribution in [-0.4, -0.2) is 33.0 Å². The molecule has 3 aromatic carbocycles. The highest BCUT2D eigenvalue weighted by Gasteiger charge is 2.42. The van der Waals surface area contributed by atoms with E-state index in [1.54, 1.807) is 4.90 Å². The molecule has 3 aromatic rings. The van der Waals surface area contributed by atoms with E-state index in [9.17, 15) is 9.59 Å². The summed E-state index contributed by atoms with van der Waals surface area (Å²) in [5, 5.41) is 2.94. The molecule has 2 amide bonds. The maximum Gasteiger partial charge on any atom is 0.263 e. The highest BCUT2D eigenvalue weighted by Crippen LogP contribution is 2.38. The molecule has 0 saturated heterocycles. The normalized spacial score (nSPS) is 17.6. The van der Waals surface area contributed by atoms with E-state index in [4.69, 9.17) is 9.98 Å². The number of nitrogens with zero attached hydrogens (tertiary/aromatic N) is 3. The first-order valence-electron chi connectivity index (χ1n) is 10.7. The lowest BCUT2D eigenvalue weighted by atomic mass is 10.1. The summed E-state index contributed by atoms with van der Waals surface area (Å²) in [5.74, 6) is 0.258. The van der Waals surface area contributed by atoms with Gasteiger partial charge in [0.2, 0.25) is 5.91 Å². The van der Waals surface area contributed by atoms with Gasteiger partial charge in [-0.25, -0.2) is 14.9 Å². The molecule has 164 valence electrons. The molecule has 0 fully saturated rings. The van der Waals surface area contributed by atoms with E-state index in [2.05, 4.69) is 5.32 Å². The van der Waals surface area contributed by atoms with Gasteiger partial charge in [0.25, 0.3) is 5.91 Å².